The van der Waals surface area contributed by atoms with Gasteiger partial charge in [-0.15, -0.1) is 0 Å². The summed E-state index contributed by atoms with van der Waals surface area (Å²) in [5, 5.41) is 10.7. The number of benzene rings is 2. The molecule has 3 aromatic rings. The standard InChI is InChI=1S/C28H37N5O2/c1-18(2)32(27(35)30-26-20(4)10-9-11-21(26)5)17-25(34)29-24-16-23(28(6,7)8)31-33(24)22-14-12-19(3)13-15-22/h9-16,18H,17H2,1-8H3,(H,29,34)(H,30,35). The highest BCUT2D eigenvalue weighted by molar-refractivity contribution is 5.97. The Hall–Kier alpha value is -3.61. The van der Waals surface area contributed by atoms with E-state index in [-0.39, 0.29) is 29.9 Å². The van der Waals surface area contributed by atoms with Crippen molar-refractivity contribution in [2.24, 2.45) is 0 Å². The van der Waals surface area contributed by atoms with Crippen LogP contribution in [0.25, 0.3) is 5.69 Å². The number of para-hydroxylation sites is 1. The smallest absolute Gasteiger partial charge is 0.313 e. The fraction of sp³-hybridized carbons (Fsp3) is 0.393. The number of carbonyl (C=O) groups is 2. The van der Waals surface area contributed by atoms with Gasteiger partial charge < -0.3 is 15.5 Å². The maximum atomic E-state index is 13.1. The lowest BCUT2D eigenvalue weighted by Gasteiger charge is -2.27. The molecule has 0 aliphatic carbocycles. The SMILES string of the molecule is Cc1ccc(-n2nc(C(C)(C)C)cc2NC(=O)CN(C(=O)Nc2c(C)cccc2C)C(C)C)cc1. The first kappa shape index (κ1) is 26.0. The minimum absolute atomic E-state index is 0.0850. The molecule has 7 heteroatoms. The average Bonchev–Trinajstić information content (AvgIpc) is 3.19. The summed E-state index contributed by atoms with van der Waals surface area (Å²) in [7, 11) is 0. The van der Waals surface area contributed by atoms with Gasteiger partial charge in [-0.3, -0.25) is 4.79 Å². The van der Waals surface area contributed by atoms with Crippen LogP contribution in [0.4, 0.5) is 16.3 Å². The second-order valence-corrected chi connectivity index (χ2v) is 10.4. The van der Waals surface area contributed by atoms with Crippen LogP contribution in [0.15, 0.2) is 48.5 Å². The van der Waals surface area contributed by atoms with E-state index >= 15 is 0 Å². The van der Waals surface area contributed by atoms with Gasteiger partial charge in [0.25, 0.3) is 0 Å². The molecule has 0 bridgehead atoms. The Morgan fingerprint density at radius 1 is 0.971 bits per heavy atom. The Kier molecular flexibility index (Phi) is 7.68. The highest BCUT2D eigenvalue weighted by atomic mass is 16.2. The third-order valence-corrected chi connectivity index (χ3v) is 5.94. The number of anilines is 2. The lowest BCUT2D eigenvalue weighted by Crippen LogP contribution is -2.45. The quantitative estimate of drug-likeness (QED) is 0.460. The molecule has 0 aliphatic heterocycles. The second kappa shape index (κ2) is 10.3. The van der Waals surface area contributed by atoms with Gasteiger partial charge in [0.15, 0.2) is 0 Å². The number of urea groups is 1. The normalized spacial score (nSPS) is 11.5. The van der Waals surface area contributed by atoms with Gasteiger partial charge in [-0.2, -0.15) is 5.10 Å². The summed E-state index contributed by atoms with van der Waals surface area (Å²) < 4.78 is 1.74. The number of nitrogens with one attached hydrogen (secondary N) is 2. The third kappa shape index (κ3) is 6.29. The van der Waals surface area contributed by atoms with Gasteiger partial charge in [-0.1, -0.05) is 56.7 Å². The topological polar surface area (TPSA) is 79.3 Å². The molecule has 0 radical (unpaired) electrons. The summed E-state index contributed by atoms with van der Waals surface area (Å²) >= 11 is 0. The maximum absolute atomic E-state index is 13.1. The van der Waals surface area contributed by atoms with Crippen molar-refractivity contribution in [1.82, 2.24) is 14.7 Å². The first-order valence-electron chi connectivity index (χ1n) is 12.0. The average molecular weight is 476 g/mol. The zero-order chi connectivity index (χ0) is 25.9. The molecule has 0 aliphatic rings. The summed E-state index contributed by atoms with van der Waals surface area (Å²) in [5.74, 6) is 0.284. The predicted molar refractivity (Wildman–Crippen MR) is 142 cm³/mol. The Bertz CT molecular complexity index is 1180. The maximum Gasteiger partial charge on any atom is 0.322 e. The second-order valence-electron chi connectivity index (χ2n) is 10.4. The molecular weight excluding hydrogens is 438 g/mol. The first-order valence-corrected chi connectivity index (χ1v) is 12.0. The molecule has 7 nitrogen and oxygen atoms in total. The van der Waals surface area contributed by atoms with E-state index in [0.717, 1.165) is 33.8 Å². The number of hydrogen-bond donors (Lipinski definition) is 2. The number of carbonyl (C=O) groups excluding carboxylic acids is 2. The van der Waals surface area contributed by atoms with E-state index in [1.807, 2.05) is 83.1 Å². The summed E-state index contributed by atoms with van der Waals surface area (Å²) in [4.78, 5) is 27.8. The predicted octanol–water partition coefficient (Wildman–Crippen LogP) is 5.98. The van der Waals surface area contributed by atoms with Crippen molar-refractivity contribution in [1.29, 1.82) is 0 Å². The number of aromatic nitrogens is 2. The summed E-state index contributed by atoms with van der Waals surface area (Å²) in [6.07, 6.45) is 0. The van der Waals surface area contributed by atoms with E-state index in [1.165, 1.54) is 4.90 Å². The van der Waals surface area contributed by atoms with Gasteiger partial charge in [0.1, 0.15) is 12.4 Å². The summed E-state index contributed by atoms with van der Waals surface area (Å²) in [6.45, 7) is 15.9. The minimum atomic E-state index is -0.310. The van der Waals surface area contributed by atoms with Crippen molar-refractivity contribution in [3.8, 4) is 5.69 Å². The number of amides is 3. The Morgan fingerprint density at radius 3 is 2.11 bits per heavy atom. The highest BCUT2D eigenvalue weighted by Crippen LogP contribution is 2.26. The van der Waals surface area contributed by atoms with Crippen molar-refractivity contribution < 1.29 is 9.59 Å². The fourth-order valence-corrected chi connectivity index (χ4v) is 3.74. The van der Waals surface area contributed by atoms with Crippen LogP contribution in [-0.4, -0.2) is 39.2 Å². The largest absolute Gasteiger partial charge is 0.322 e. The van der Waals surface area contributed by atoms with Gasteiger partial charge in [0.2, 0.25) is 5.91 Å². The van der Waals surface area contributed by atoms with Crippen LogP contribution in [0.1, 0.15) is 57.0 Å². The van der Waals surface area contributed by atoms with Crippen LogP contribution in [-0.2, 0) is 10.2 Å². The molecule has 0 unspecified atom stereocenters. The zero-order valence-corrected chi connectivity index (χ0v) is 22.1. The lowest BCUT2D eigenvalue weighted by molar-refractivity contribution is -0.117. The molecule has 2 aromatic carbocycles. The molecule has 0 spiro atoms. The van der Waals surface area contributed by atoms with Gasteiger partial charge in [0, 0.05) is 23.2 Å². The molecule has 3 amide bonds. The molecule has 3 rings (SSSR count). The molecule has 0 saturated heterocycles. The van der Waals surface area contributed by atoms with E-state index in [0.29, 0.717) is 5.82 Å². The van der Waals surface area contributed by atoms with Gasteiger partial charge >= 0.3 is 6.03 Å². The lowest BCUT2D eigenvalue weighted by atomic mass is 9.92. The van der Waals surface area contributed by atoms with Crippen LogP contribution < -0.4 is 10.6 Å². The van der Waals surface area contributed by atoms with E-state index in [2.05, 4.69) is 31.4 Å². The van der Waals surface area contributed by atoms with Crippen molar-refractivity contribution >= 4 is 23.4 Å². The Labute approximate surface area is 208 Å². The molecular formula is C28H37N5O2. The van der Waals surface area contributed by atoms with Crippen LogP contribution in [0.2, 0.25) is 0 Å². The molecule has 2 N–H and O–H groups in total. The Balaban J connectivity index is 1.83. The molecule has 1 aromatic heterocycles. The van der Waals surface area contributed by atoms with E-state index in [9.17, 15) is 9.59 Å². The number of hydrogen-bond acceptors (Lipinski definition) is 3. The molecule has 35 heavy (non-hydrogen) atoms. The van der Waals surface area contributed by atoms with Crippen molar-refractivity contribution in [2.75, 3.05) is 17.2 Å². The van der Waals surface area contributed by atoms with E-state index in [1.54, 1.807) is 4.68 Å². The number of aryl methyl sites for hydroxylation is 3. The molecule has 0 fully saturated rings. The molecule has 186 valence electrons. The Morgan fingerprint density at radius 2 is 1.57 bits per heavy atom. The zero-order valence-electron chi connectivity index (χ0n) is 22.1. The summed E-state index contributed by atoms with van der Waals surface area (Å²) in [6, 6.07) is 15.3. The fourth-order valence-electron chi connectivity index (χ4n) is 3.74. The van der Waals surface area contributed by atoms with Crippen LogP contribution >= 0.6 is 0 Å². The van der Waals surface area contributed by atoms with Gasteiger partial charge in [-0.25, -0.2) is 9.48 Å². The van der Waals surface area contributed by atoms with Gasteiger partial charge in [-0.05, 0) is 57.9 Å². The monoisotopic (exact) mass is 475 g/mol. The van der Waals surface area contributed by atoms with Crippen molar-refractivity contribution in [3.05, 3.63) is 70.9 Å². The summed E-state index contributed by atoms with van der Waals surface area (Å²) in [5.41, 5.74) is 5.40. The van der Waals surface area contributed by atoms with Gasteiger partial charge in [0.05, 0.1) is 11.4 Å². The third-order valence-electron chi connectivity index (χ3n) is 5.94. The number of nitrogens with zero attached hydrogens (tertiary/aromatic N) is 3. The molecule has 1 heterocycles. The van der Waals surface area contributed by atoms with Crippen LogP contribution in [0.5, 0.6) is 0 Å². The van der Waals surface area contributed by atoms with Crippen molar-refractivity contribution in [3.63, 3.8) is 0 Å². The van der Waals surface area contributed by atoms with Crippen LogP contribution in [0, 0.1) is 20.8 Å². The van der Waals surface area contributed by atoms with E-state index < -0.39 is 0 Å². The molecule has 0 atom stereocenters. The minimum Gasteiger partial charge on any atom is -0.313 e. The van der Waals surface area contributed by atoms with Crippen LogP contribution in [0.3, 0.4) is 0 Å². The number of rotatable bonds is 6. The van der Waals surface area contributed by atoms with E-state index in [4.69, 9.17) is 5.10 Å². The first-order chi connectivity index (χ1) is 16.4. The highest BCUT2D eigenvalue weighted by Gasteiger charge is 2.24. The molecule has 0 saturated carbocycles. The van der Waals surface area contributed by atoms with Crippen molar-refractivity contribution in [2.45, 2.75) is 66.8 Å².